The highest BCUT2D eigenvalue weighted by molar-refractivity contribution is 6.74. The third-order valence-corrected chi connectivity index (χ3v) is 10.7. The molecule has 0 spiro atoms. The van der Waals surface area contributed by atoms with Gasteiger partial charge in [0, 0.05) is 12.5 Å². The SMILES string of the molecule is C=C1CC[C@H](O[Si](C)(C)C(C)(C)C)[C@@](C)(COCOCCOC)[C@@H]1C(=O)OC. The third-order valence-electron chi connectivity index (χ3n) is 6.22. The Bertz CT molecular complexity index is 519. The second-order valence-electron chi connectivity index (χ2n) is 9.39. The van der Waals surface area contributed by atoms with Gasteiger partial charge in [0.2, 0.25) is 0 Å². The Kier molecular flexibility index (Phi) is 9.35. The van der Waals surface area contributed by atoms with E-state index < -0.39 is 19.7 Å². The Hall–Kier alpha value is -0.733. The van der Waals surface area contributed by atoms with Crippen molar-refractivity contribution in [1.82, 2.24) is 0 Å². The van der Waals surface area contributed by atoms with Crippen LogP contribution < -0.4 is 0 Å². The molecule has 0 aliphatic heterocycles. The quantitative estimate of drug-likeness (QED) is 0.175. The van der Waals surface area contributed by atoms with E-state index >= 15 is 0 Å². The minimum absolute atomic E-state index is 0.0766. The Morgan fingerprint density at radius 3 is 2.39 bits per heavy atom. The van der Waals surface area contributed by atoms with Crippen molar-refractivity contribution in [2.24, 2.45) is 11.3 Å². The molecule has 0 saturated heterocycles. The molecule has 0 aromatic rings. The molecular weight excluding hydrogens is 376 g/mol. The highest BCUT2D eigenvalue weighted by atomic mass is 28.4. The standard InChI is InChI=1S/C21H40O6Si/c1-16-10-11-17(27-28(8,9)20(2,3)4)21(5,18(16)19(22)24-7)14-26-15-25-13-12-23-6/h17-18H,1,10-15H2,2-9H3/t17-,18-,21+/m0/s1. The number of carbonyl (C=O) groups excluding carboxylic acids is 1. The molecule has 1 rings (SSSR count). The average Bonchev–Trinajstić information content (AvgIpc) is 2.59. The zero-order valence-corrected chi connectivity index (χ0v) is 20.1. The summed E-state index contributed by atoms with van der Waals surface area (Å²) in [6, 6.07) is 0. The highest BCUT2D eigenvalue weighted by Crippen LogP contribution is 2.49. The van der Waals surface area contributed by atoms with Gasteiger partial charge in [-0.2, -0.15) is 0 Å². The summed E-state index contributed by atoms with van der Waals surface area (Å²) in [4.78, 5) is 12.6. The monoisotopic (exact) mass is 416 g/mol. The second-order valence-corrected chi connectivity index (χ2v) is 14.1. The van der Waals surface area contributed by atoms with Crippen LogP contribution in [0.3, 0.4) is 0 Å². The second kappa shape index (κ2) is 10.3. The van der Waals surface area contributed by atoms with Crippen LogP contribution in [0.2, 0.25) is 18.1 Å². The number of hydrogen-bond donors (Lipinski definition) is 0. The number of methoxy groups -OCH3 is 2. The lowest BCUT2D eigenvalue weighted by Crippen LogP contribution is -2.56. The summed E-state index contributed by atoms with van der Waals surface area (Å²) in [5.41, 5.74) is 0.316. The summed E-state index contributed by atoms with van der Waals surface area (Å²) in [5, 5.41) is 0.0766. The van der Waals surface area contributed by atoms with Crippen molar-refractivity contribution in [3.05, 3.63) is 12.2 Å². The lowest BCUT2D eigenvalue weighted by molar-refractivity contribution is -0.163. The Balaban J connectivity index is 3.03. The fraction of sp³-hybridized carbons (Fsp3) is 0.857. The minimum Gasteiger partial charge on any atom is -0.469 e. The Morgan fingerprint density at radius 1 is 1.21 bits per heavy atom. The number of rotatable bonds is 10. The largest absolute Gasteiger partial charge is 0.469 e. The van der Waals surface area contributed by atoms with Gasteiger partial charge in [-0.15, -0.1) is 0 Å². The van der Waals surface area contributed by atoms with Crippen LogP contribution in [-0.4, -0.2) is 61.2 Å². The van der Waals surface area contributed by atoms with E-state index in [4.69, 9.17) is 23.4 Å². The first-order valence-corrected chi connectivity index (χ1v) is 12.9. The Labute approximate surface area is 172 Å². The van der Waals surface area contributed by atoms with Gasteiger partial charge in [-0.1, -0.05) is 39.8 Å². The van der Waals surface area contributed by atoms with Crippen molar-refractivity contribution in [2.75, 3.05) is 40.8 Å². The first-order chi connectivity index (χ1) is 12.9. The number of hydrogen-bond acceptors (Lipinski definition) is 6. The van der Waals surface area contributed by atoms with Crippen molar-refractivity contribution >= 4 is 14.3 Å². The number of ether oxygens (including phenoxy) is 4. The van der Waals surface area contributed by atoms with Gasteiger partial charge < -0.3 is 23.4 Å². The molecule has 0 aromatic heterocycles. The normalized spacial score (nSPS) is 26.4. The van der Waals surface area contributed by atoms with E-state index in [0.29, 0.717) is 19.8 Å². The van der Waals surface area contributed by atoms with Crippen molar-refractivity contribution in [2.45, 2.75) is 64.8 Å². The van der Waals surface area contributed by atoms with Crippen LogP contribution >= 0.6 is 0 Å². The molecule has 3 atom stereocenters. The van der Waals surface area contributed by atoms with Gasteiger partial charge in [0.1, 0.15) is 6.79 Å². The average molecular weight is 417 g/mol. The molecular formula is C21H40O6Si. The van der Waals surface area contributed by atoms with E-state index in [1.165, 1.54) is 7.11 Å². The molecule has 1 saturated carbocycles. The van der Waals surface area contributed by atoms with Gasteiger partial charge in [-0.25, -0.2) is 0 Å². The van der Waals surface area contributed by atoms with Crippen molar-refractivity contribution in [3.8, 4) is 0 Å². The molecule has 0 unspecified atom stereocenters. The van der Waals surface area contributed by atoms with Gasteiger partial charge in [0.15, 0.2) is 8.32 Å². The molecule has 0 heterocycles. The zero-order chi connectivity index (χ0) is 21.6. The van der Waals surface area contributed by atoms with E-state index in [1.54, 1.807) is 7.11 Å². The first-order valence-electron chi connectivity index (χ1n) is 9.98. The minimum atomic E-state index is -2.03. The van der Waals surface area contributed by atoms with Crippen LogP contribution in [0.1, 0.15) is 40.5 Å². The molecule has 1 aliphatic rings. The van der Waals surface area contributed by atoms with Gasteiger partial charge >= 0.3 is 5.97 Å². The van der Waals surface area contributed by atoms with Crippen LogP contribution in [0.25, 0.3) is 0 Å². The van der Waals surface area contributed by atoms with E-state index in [0.717, 1.165) is 18.4 Å². The van der Waals surface area contributed by atoms with Crippen molar-refractivity contribution in [1.29, 1.82) is 0 Å². The number of esters is 1. The zero-order valence-electron chi connectivity index (χ0n) is 19.1. The lowest BCUT2D eigenvalue weighted by atomic mass is 9.64. The van der Waals surface area contributed by atoms with Crippen LogP contribution in [0, 0.1) is 11.3 Å². The topological polar surface area (TPSA) is 63.2 Å². The molecule has 7 heteroatoms. The van der Waals surface area contributed by atoms with Gasteiger partial charge in [-0.3, -0.25) is 4.79 Å². The maximum Gasteiger partial charge on any atom is 0.313 e. The smallest absolute Gasteiger partial charge is 0.313 e. The summed E-state index contributed by atoms with van der Waals surface area (Å²) < 4.78 is 28.1. The molecule has 164 valence electrons. The maximum atomic E-state index is 12.6. The van der Waals surface area contributed by atoms with E-state index in [-0.39, 0.29) is 23.9 Å². The summed E-state index contributed by atoms with van der Waals surface area (Å²) >= 11 is 0. The molecule has 0 amide bonds. The van der Waals surface area contributed by atoms with Gasteiger partial charge in [-0.05, 0) is 31.0 Å². The summed E-state index contributed by atoms with van der Waals surface area (Å²) in [7, 11) is 1.02. The molecule has 6 nitrogen and oxygen atoms in total. The Morgan fingerprint density at radius 2 is 1.86 bits per heavy atom. The summed E-state index contributed by atoms with van der Waals surface area (Å²) in [6.45, 7) is 18.8. The van der Waals surface area contributed by atoms with Crippen molar-refractivity contribution < 1.29 is 28.2 Å². The first kappa shape index (κ1) is 25.3. The van der Waals surface area contributed by atoms with Gasteiger partial charge in [0.25, 0.3) is 0 Å². The van der Waals surface area contributed by atoms with Crippen LogP contribution in [0.5, 0.6) is 0 Å². The molecule has 0 N–H and O–H groups in total. The molecule has 1 aliphatic carbocycles. The predicted molar refractivity (Wildman–Crippen MR) is 113 cm³/mol. The summed E-state index contributed by atoms with van der Waals surface area (Å²) in [6.07, 6.45) is 1.46. The molecule has 0 radical (unpaired) electrons. The maximum absolute atomic E-state index is 12.6. The molecule has 0 bridgehead atoms. The van der Waals surface area contributed by atoms with Crippen LogP contribution in [0.15, 0.2) is 12.2 Å². The molecule has 0 aromatic carbocycles. The van der Waals surface area contributed by atoms with E-state index in [9.17, 15) is 4.79 Å². The fourth-order valence-corrected chi connectivity index (χ4v) is 4.87. The van der Waals surface area contributed by atoms with E-state index in [2.05, 4.69) is 40.4 Å². The molecule has 1 fully saturated rings. The summed E-state index contributed by atoms with van der Waals surface area (Å²) in [5.74, 6) is -0.736. The number of carbonyl (C=O) groups is 1. The predicted octanol–water partition coefficient (Wildman–Crippen LogP) is 4.16. The highest BCUT2D eigenvalue weighted by Gasteiger charge is 2.53. The van der Waals surface area contributed by atoms with Crippen molar-refractivity contribution in [3.63, 3.8) is 0 Å². The van der Waals surface area contributed by atoms with Crippen LogP contribution in [0.4, 0.5) is 0 Å². The lowest BCUT2D eigenvalue weighted by Gasteiger charge is -2.50. The fourth-order valence-electron chi connectivity index (χ4n) is 3.42. The third kappa shape index (κ3) is 6.13. The molecule has 28 heavy (non-hydrogen) atoms. The van der Waals surface area contributed by atoms with Gasteiger partial charge in [0.05, 0.1) is 39.0 Å². The van der Waals surface area contributed by atoms with E-state index in [1.807, 2.05) is 6.92 Å². The van der Waals surface area contributed by atoms with Crippen LogP contribution in [-0.2, 0) is 28.2 Å².